The van der Waals surface area contributed by atoms with Gasteiger partial charge in [0.25, 0.3) is 0 Å². The number of nitrogens with zero attached hydrogens (tertiary/aromatic N) is 1. The normalized spacial score (nSPS) is 22.7. The Morgan fingerprint density at radius 2 is 2.05 bits per heavy atom. The number of rotatable bonds is 7. The first-order valence-electron chi connectivity index (χ1n) is 6.02. The van der Waals surface area contributed by atoms with Crippen LogP contribution in [0.25, 0.3) is 0 Å². The molecule has 0 aromatic rings. The zero-order valence-corrected chi connectivity index (χ0v) is 12.4. The van der Waals surface area contributed by atoms with Crippen LogP contribution in [-0.4, -0.2) is 75.0 Å². The quantitative estimate of drug-likeness (QED) is 0.641. The molecule has 0 spiro atoms. The number of hydrogen-bond donors (Lipinski definition) is 1. The van der Waals surface area contributed by atoms with Gasteiger partial charge in [-0.2, -0.15) is 0 Å². The molecule has 1 heterocycles. The Labute approximate surface area is 113 Å². The van der Waals surface area contributed by atoms with Crippen LogP contribution < -0.4 is 0 Å². The van der Waals surface area contributed by atoms with E-state index in [2.05, 4.69) is 0 Å². The van der Waals surface area contributed by atoms with Crippen LogP contribution in [0.3, 0.4) is 0 Å². The number of aliphatic carboxylic acids is 1. The van der Waals surface area contributed by atoms with Gasteiger partial charge in [0, 0.05) is 18.3 Å². The second kappa shape index (κ2) is 6.19. The topological polar surface area (TPSA) is 109 Å². The molecule has 0 aliphatic carbocycles. The zero-order valence-electron chi connectivity index (χ0n) is 10.8. The summed E-state index contributed by atoms with van der Waals surface area (Å²) in [7, 11) is -6.31. The van der Waals surface area contributed by atoms with E-state index in [1.165, 1.54) is 11.8 Å². The highest BCUT2D eigenvalue weighted by atomic mass is 32.2. The van der Waals surface area contributed by atoms with Crippen LogP contribution in [0.1, 0.15) is 13.3 Å². The van der Waals surface area contributed by atoms with E-state index in [4.69, 9.17) is 5.11 Å². The second-order valence-corrected chi connectivity index (χ2v) is 9.36. The van der Waals surface area contributed by atoms with Crippen molar-refractivity contribution >= 4 is 25.6 Å². The van der Waals surface area contributed by atoms with Gasteiger partial charge in [0.05, 0.1) is 23.8 Å². The summed E-state index contributed by atoms with van der Waals surface area (Å²) in [6, 6.07) is -0.395. The molecule has 1 fully saturated rings. The van der Waals surface area contributed by atoms with Crippen molar-refractivity contribution in [3.8, 4) is 0 Å². The van der Waals surface area contributed by atoms with E-state index in [-0.39, 0.29) is 36.1 Å². The molecule has 0 radical (unpaired) electrons. The molecule has 9 heteroatoms. The lowest BCUT2D eigenvalue weighted by atomic mass is 10.2. The number of hydrogen-bond acceptors (Lipinski definition) is 6. The zero-order chi connectivity index (χ0) is 14.7. The molecule has 112 valence electrons. The first kappa shape index (κ1) is 16.4. The molecule has 0 amide bonds. The van der Waals surface area contributed by atoms with Crippen LogP contribution in [0.4, 0.5) is 0 Å². The predicted octanol–water partition coefficient (Wildman–Crippen LogP) is -1.01. The lowest BCUT2D eigenvalue weighted by molar-refractivity contribution is -0.138. The summed E-state index contributed by atoms with van der Waals surface area (Å²) in [6.45, 7) is 1.25. The van der Waals surface area contributed by atoms with E-state index in [1.807, 2.05) is 0 Å². The van der Waals surface area contributed by atoms with Gasteiger partial charge in [-0.15, -0.1) is 0 Å². The van der Waals surface area contributed by atoms with E-state index in [9.17, 15) is 21.6 Å². The highest BCUT2D eigenvalue weighted by Crippen LogP contribution is 2.17. The molecule has 1 aliphatic rings. The van der Waals surface area contributed by atoms with Crippen molar-refractivity contribution in [3.05, 3.63) is 0 Å². The second-order valence-electron chi connectivity index (χ2n) is 4.66. The molecule has 1 atom stereocenters. The van der Waals surface area contributed by atoms with Crippen LogP contribution in [0.2, 0.25) is 0 Å². The Morgan fingerprint density at radius 1 is 1.42 bits per heavy atom. The van der Waals surface area contributed by atoms with Gasteiger partial charge in [0.15, 0.2) is 19.7 Å². The molecule has 1 aliphatic heterocycles. The fourth-order valence-electron chi connectivity index (χ4n) is 2.03. The van der Waals surface area contributed by atoms with E-state index in [0.717, 1.165) is 0 Å². The van der Waals surface area contributed by atoms with Crippen LogP contribution in [0, 0.1) is 0 Å². The molecule has 0 aromatic carbocycles. The molecule has 19 heavy (non-hydrogen) atoms. The van der Waals surface area contributed by atoms with Crippen molar-refractivity contribution in [1.82, 2.24) is 4.90 Å². The predicted molar refractivity (Wildman–Crippen MR) is 70.6 cm³/mol. The molecular weight excluding hydrogens is 294 g/mol. The summed E-state index contributed by atoms with van der Waals surface area (Å²) in [4.78, 5) is 12.2. The summed E-state index contributed by atoms with van der Waals surface area (Å²) in [5.74, 6) is -1.29. The maximum Gasteiger partial charge on any atom is 0.317 e. The number of carbonyl (C=O) groups is 1. The summed E-state index contributed by atoms with van der Waals surface area (Å²) >= 11 is 0. The minimum absolute atomic E-state index is 0.00310. The fraction of sp³-hybridized carbons (Fsp3) is 0.900. The summed E-state index contributed by atoms with van der Waals surface area (Å²) in [6.07, 6.45) is 0.363. The molecule has 1 N–H and O–H groups in total. The molecular formula is C10H19NO6S2. The van der Waals surface area contributed by atoms with Gasteiger partial charge in [-0.25, -0.2) is 16.8 Å². The first-order valence-corrected chi connectivity index (χ1v) is 9.66. The van der Waals surface area contributed by atoms with Gasteiger partial charge in [-0.3, -0.25) is 9.69 Å². The highest BCUT2D eigenvalue weighted by molar-refractivity contribution is 7.91. The Hall–Kier alpha value is -0.670. The minimum atomic E-state index is -3.19. The van der Waals surface area contributed by atoms with E-state index < -0.39 is 31.7 Å². The van der Waals surface area contributed by atoms with Crippen LogP contribution in [0.15, 0.2) is 0 Å². The Kier molecular flexibility index (Phi) is 5.34. The molecule has 1 unspecified atom stereocenters. The van der Waals surface area contributed by atoms with Gasteiger partial charge >= 0.3 is 5.97 Å². The summed E-state index contributed by atoms with van der Waals surface area (Å²) < 4.78 is 45.7. The maximum atomic E-state index is 11.4. The van der Waals surface area contributed by atoms with Crippen LogP contribution in [0.5, 0.6) is 0 Å². The third-order valence-corrected chi connectivity index (χ3v) is 6.63. The molecule has 1 rings (SSSR count). The number of sulfone groups is 2. The SMILES string of the molecule is CCS(=O)(=O)CCN(CC(=O)O)C1CCS(=O)(=O)C1. The average molecular weight is 313 g/mol. The van der Waals surface area contributed by atoms with Crippen LogP contribution in [-0.2, 0) is 24.5 Å². The average Bonchev–Trinajstić information content (AvgIpc) is 2.64. The maximum absolute atomic E-state index is 11.4. The molecule has 0 aromatic heterocycles. The van der Waals surface area contributed by atoms with E-state index in [1.54, 1.807) is 0 Å². The smallest absolute Gasteiger partial charge is 0.317 e. The van der Waals surface area contributed by atoms with Gasteiger partial charge in [-0.05, 0) is 6.42 Å². The standard InChI is InChI=1S/C10H19NO6S2/c1-2-18(14,15)6-4-11(7-10(12)13)9-3-5-19(16,17)8-9/h9H,2-8H2,1H3,(H,12,13). The Bertz CT molecular complexity index is 524. The summed E-state index contributed by atoms with van der Waals surface area (Å²) in [5.41, 5.74) is 0. The van der Waals surface area contributed by atoms with E-state index in [0.29, 0.717) is 6.42 Å². The third kappa shape index (κ3) is 5.45. The van der Waals surface area contributed by atoms with Gasteiger partial charge < -0.3 is 5.11 Å². The molecule has 0 saturated carbocycles. The van der Waals surface area contributed by atoms with Gasteiger partial charge in [0.2, 0.25) is 0 Å². The summed E-state index contributed by atoms with van der Waals surface area (Å²) in [5, 5.41) is 8.82. The minimum Gasteiger partial charge on any atom is -0.480 e. The Balaban J connectivity index is 2.70. The number of carboxylic acids is 1. The third-order valence-electron chi connectivity index (χ3n) is 3.19. The van der Waals surface area contributed by atoms with E-state index >= 15 is 0 Å². The monoisotopic (exact) mass is 313 g/mol. The molecule has 1 saturated heterocycles. The fourth-order valence-corrected chi connectivity index (χ4v) is 4.59. The van der Waals surface area contributed by atoms with Crippen molar-refractivity contribution in [2.24, 2.45) is 0 Å². The van der Waals surface area contributed by atoms with Crippen molar-refractivity contribution < 1.29 is 26.7 Å². The number of carboxylic acid groups (broad SMARTS) is 1. The van der Waals surface area contributed by atoms with Gasteiger partial charge in [0.1, 0.15) is 0 Å². The highest BCUT2D eigenvalue weighted by Gasteiger charge is 2.33. The van der Waals surface area contributed by atoms with Crippen molar-refractivity contribution in [1.29, 1.82) is 0 Å². The van der Waals surface area contributed by atoms with Crippen molar-refractivity contribution in [3.63, 3.8) is 0 Å². The Morgan fingerprint density at radius 3 is 2.47 bits per heavy atom. The van der Waals surface area contributed by atoms with Gasteiger partial charge in [-0.1, -0.05) is 6.92 Å². The largest absolute Gasteiger partial charge is 0.480 e. The van der Waals surface area contributed by atoms with Crippen LogP contribution >= 0.6 is 0 Å². The first-order chi connectivity index (χ1) is 8.65. The molecule has 0 bridgehead atoms. The molecule has 7 nitrogen and oxygen atoms in total. The van der Waals surface area contributed by atoms with Crippen molar-refractivity contribution in [2.45, 2.75) is 19.4 Å². The lowest BCUT2D eigenvalue weighted by Crippen LogP contribution is -2.42. The van der Waals surface area contributed by atoms with Crippen molar-refractivity contribution in [2.75, 3.05) is 36.1 Å². The lowest BCUT2D eigenvalue weighted by Gasteiger charge is -2.25.